The number of hydrogen-bond donors (Lipinski definition) is 0. The highest BCUT2D eigenvalue weighted by atomic mass is 16.5. The van der Waals surface area contributed by atoms with Crippen molar-refractivity contribution in [1.82, 2.24) is 4.90 Å². The van der Waals surface area contributed by atoms with Gasteiger partial charge in [-0.05, 0) is 42.5 Å². The molecule has 2 aromatic rings. The third kappa shape index (κ3) is 4.99. The molecular formula is C21H25NO3. The maximum Gasteiger partial charge on any atom is 0.260 e. The summed E-state index contributed by atoms with van der Waals surface area (Å²) in [6.45, 7) is 6.10. The first-order chi connectivity index (χ1) is 12.1. The van der Waals surface area contributed by atoms with Gasteiger partial charge in [0.05, 0.1) is 0 Å². The van der Waals surface area contributed by atoms with Crippen molar-refractivity contribution >= 4 is 5.91 Å². The van der Waals surface area contributed by atoms with Gasteiger partial charge in [0.15, 0.2) is 6.61 Å². The van der Waals surface area contributed by atoms with Gasteiger partial charge in [-0.25, -0.2) is 0 Å². The number of carbonyl (C=O) groups is 1. The zero-order valence-corrected chi connectivity index (χ0v) is 14.9. The average Bonchev–Trinajstić information content (AvgIpc) is 2.60. The standard InChI is InChI=1S/C21H25NO3/c1-16-11-17(2)14-22(13-16)21(23)15-24-19-9-6-10-20(12-19)25-18-7-4-3-5-8-18/h3-10,12,16-17H,11,13-15H2,1-2H3/t16-,17-/m1/s1. The molecule has 0 bridgehead atoms. The molecule has 0 N–H and O–H groups in total. The fourth-order valence-corrected chi connectivity index (χ4v) is 3.36. The number of rotatable bonds is 5. The van der Waals surface area contributed by atoms with Gasteiger partial charge in [0.25, 0.3) is 5.91 Å². The monoisotopic (exact) mass is 339 g/mol. The molecule has 132 valence electrons. The van der Waals surface area contributed by atoms with Crippen molar-refractivity contribution in [1.29, 1.82) is 0 Å². The molecule has 4 nitrogen and oxygen atoms in total. The number of likely N-dealkylation sites (tertiary alicyclic amines) is 1. The molecule has 2 atom stereocenters. The molecule has 0 aliphatic carbocycles. The predicted molar refractivity (Wildman–Crippen MR) is 98.0 cm³/mol. The van der Waals surface area contributed by atoms with Crippen molar-refractivity contribution in [2.45, 2.75) is 20.3 Å². The number of amides is 1. The van der Waals surface area contributed by atoms with Crippen LogP contribution >= 0.6 is 0 Å². The van der Waals surface area contributed by atoms with E-state index in [0.29, 0.717) is 23.3 Å². The highest BCUT2D eigenvalue weighted by molar-refractivity contribution is 5.77. The van der Waals surface area contributed by atoms with Crippen LogP contribution in [-0.4, -0.2) is 30.5 Å². The van der Waals surface area contributed by atoms with Gasteiger partial charge in [0, 0.05) is 19.2 Å². The SMILES string of the molecule is C[C@@H]1C[C@@H](C)CN(C(=O)COc2cccc(Oc3ccccc3)c2)C1. The van der Waals surface area contributed by atoms with E-state index in [-0.39, 0.29) is 12.5 Å². The number of nitrogens with zero attached hydrogens (tertiary/aromatic N) is 1. The molecule has 1 fully saturated rings. The second kappa shape index (κ2) is 8.06. The molecule has 25 heavy (non-hydrogen) atoms. The van der Waals surface area contributed by atoms with Crippen LogP contribution in [0.4, 0.5) is 0 Å². The summed E-state index contributed by atoms with van der Waals surface area (Å²) in [5, 5.41) is 0. The predicted octanol–water partition coefficient (Wildman–Crippen LogP) is 4.36. The molecule has 1 aliphatic rings. The van der Waals surface area contributed by atoms with Crippen LogP contribution in [0, 0.1) is 11.8 Å². The van der Waals surface area contributed by atoms with Gasteiger partial charge >= 0.3 is 0 Å². The normalized spacial score (nSPS) is 20.2. The molecule has 0 saturated carbocycles. The Labute approximate surface area is 149 Å². The van der Waals surface area contributed by atoms with E-state index >= 15 is 0 Å². The van der Waals surface area contributed by atoms with Gasteiger partial charge in [-0.1, -0.05) is 38.1 Å². The van der Waals surface area contributed by atoms with Crippen molar-refractivity contribution in [2.75, 3.05) is 19.7 Å². The van der Waals surface area contributed by atoms with E-state index in [4.69, 9.17) is 9.47 Å². The first-order valence-electron chi connectivity index (χ1n) is 8.83. The molecule has 0 unspecified atom stereocenters. The maximum absolute atomic E-state index is 12.4. The second-order valence-corrected chi connectivity index (χ2v) is 6.92. The lowest BCUT2D eigenvalue weighted by Gasteiger charge is -2.34. The summed E-state index contributed by atoms with van der Waals surface area (Å²) in [6, 6.07) is 17.0. The number of piperidine rings is 1. The first-order valence-corrected chi connectivity index (χ1v) is 8.83. The van der Waals surface area contributed by atoms with Gasteiger partial charge in [-0.3, -0.25) is 4.79 Å². The Morgan fingerprint density at radius 2 is 1.60 bits per heavy atom. The van der Waals surface area contributed by atoms with E-state index in [1.807, 2.05) is 59.5 Å². The Kier molecular flexibility index (Phi) is 5.59. The summed E-state index contributed by atoms with van der Waals surface area (Å²) < 4.78 is 11.5. The summed E-state index contributed by atoms with van der Waals surface area (Å²) in [7, 11) is 0. The van der Waals surface area contributed by atoms with Crippen LogP contribution in [0.15, 0.2) is 54.6 Å². The largest absolute Gasteiger partial charge is 0.484 e. The van der Waals surface area contributed by atoms with Crippen LogP contribution in [0.5, 0.6) is 17.2 Å². The minimum absolute atomic E-state index is 0.0489. The van der Waals surface area contributed by atoms with Gasteiger partial charge in [-0.15, -0.1) is 0 Å². The number of benzene rings is 2. The summed E-state index contributed by atoms with van der Waals surface area (Å²) in [6.07, 6.45) is 1.18. The fraction of sp³-hybridized carbons (Fsp3) is 0.381. The van der Waals surface area contributed by atoms with Crippen LogP contribution < -0.4 is 9.47 Å². The lowest BCUT2D eigenvalue weighted by Crippen LogP contribution is -2.44. The van der Waals surface area contributed by atoms with Crippen LogP contribution in [0.25, 0.3) is 0 Å². The highest BCUT2D eigenvalue weighted by Gasteiger charge is 2.25. The van der Waals surface area contributed by atoms with Crippen LogP contribution in [-0.2, 0) is 4.79 Å². The highest BCUT2D eigenvalue weighted by Crippen LogP contribution is 2.25. The van der Waals surface area contributed by atoms with E-state index in [1.165, 1.54) is 6.42 Å². The average molecular weight is 339 g/mol. The fourth-order valence-electron chi connectivity index (χ4n) is 3.36. The summed E-state index contributed by atoms with van der Waals surface area (Å²) in [4.78, 5) is 14.3. The number of hydrogen-bond acceptors (Lipinski definition) is 3. The van der Waals surface area contributed by atoms with Crippen LogP contribution in [0.1, 0.15) is 20.3 Å². The molecule has 1 aliphatic heterocycles. The molecule has 3 rings (SSSR count). The van der Waals surface area contributed by atoms with Crippen molar-refractivity contribution in [3.8, 4) is 17.2 Å². The zero-order chi connectivity index (χ0) is 17.6. The number of para-hydroxylation sites is 1. The quantitative estimate of drug-likeness (QED) is 0.812. The minimum Gasteiger partial charge on any atom is -0.484 e. The van der Waals surface area contributed by atoms with E-state index in [9.17, 15) is 4.79 Å². The molecule has 0 radical (unpaired) electrons. The molecule has 0 aromatic heterocycles. The van der Waals surface area contributed by atoms with Gasteiger partial charge in [0.1, 0.15) is 17.2 Å². The van der Waals surface area contributed by atoms with Crippen LogP contribution in [0.2, 0.25) is 0 Å². The first kappa shape index (κ1) is 17.3. The molecule has 0 spiro atoms. The number of carbonyl (C=O) groups excluding carboxylic acids is 1. The van der Waals surface area contributed by atoms with Gasteiger partial charge in [0.2, 0.25) is 0 Å². The van der Waals surface area contributed by atoms with Gasteiger partial charge in [-0.2, -0.15) is 0 Å². The van der Waals surface area contributed by atoms with Crippen molar-refractivity contribution in [3.05, 3.63) is 54.6 Å². The lowest BCUT2D eigenvalue weighted by atomic mass is 9.92. The molecular weight excluding hydrogens is 314 g/mol. The molecule has 1 heterocycles. The number of ether oxygens (including phenoxy) is 2. The van der Waals surface area contributed by atoms with E-state index in [1.54, 1.807) is 0 Å². The van der Waals surface area contributed by atoms with Crippen molar-refractivity contribution in [3.63, 3.8) is 0 Å². The maximum atomic E-state index is 12.4. The Morgan fingerprint density at radius 1 is 0.960 bits per heavy atom. The second-order valence-electron chi connectivity index (χ2n) is 6.92. The van der Waals surface area contributed by atoms with Crippen molar-refractivity contribution in [2.24, 2.45) is 11.8 Å². The van der Waals surface area contributed by atoms with E-state index in [0.717, 1.165) is 18.8 Å². The summed E-state index contributed by atoms with van der Waals surface area (Å²) >= 11 is 0. The Morgan fingerprint density at radius 3 is 2.32 bits per heavy atom. The topological polar surface area (TPSA) is 38.8 Å². The smallest absolute Gasteiger partial charge is 0.260 e. The zero-order valence-electron chi connectivity index (χ0n) is 14.9. The Balaban J connectivity index is 1.56. The van der Waals surface area contributed by atoms with Crippen molar-refractivity contribution < 1.29 is 14.3 Å². The summed E-state index contributed by atoms with van der Waals surface area (Å²) in [5.41, 5.74) is 0. The van der Waals surface area contributed by atoms with Crippen LogP contribution in [0.3, 0.4) is 0 Å². The molecule has 1 amide bonds. The Hall–Kier alpha value is -2.49. The molecule has 4 heteroatoms. The van der Waals surface area contributed by atoms with Gasteiger partial charge < -0.3 is 14.4 Å². The van der Waals surface area contributed by atoms with E-state index in [2.05, 4.69) is 13.8 Å². The lowest BCUT2D eigenvalue weighted by molar-refractivity contribution is -0.136. The third-order valence-electron chi connectivity index (χ3n) is 4.37. The van der Waals surface area contributed by atoms with E-state index < -0.39 is 0 Å². The summed E-state index contributed by atoms with van der Waals surface area (Å²) in [5.74, 6) is 3.25. The molecule has 1 saturated heterocycles. The molecule has 2 aromatic carbocycles. The third-order valence-corrected chi connectivity index (χ3v) is 4.37. The Bertz CT molecular complexity index is 691. The minimum atomic E-state index is 0.0489.